The lowest BCUT2D eigenvalue weighted by molar-refractivity contribution is 0.0919. The van der Waals surface area contributed by atoms with E-state index in [0.717, 1.165) is 10.9 Å². The summed E-state index contributed by atoms with van der Waals surface area (Å²) in [5.41, 5.74) is 2.68. The van der Waals surface area contributed by atoms with Gasteiger partial charge >= 0.3 is 0 Å². The van der Waals surface area contributed by atoms with E-state index in [9.17, 15) is 4.79 Å². The van der Waals surface area contributed by atoms with E-state index in [-0.39, 0.29) is 11.8 Å². The molecule has 0 fully saturated rings. The highest BCUT2D eigenvalue weighted by Gasteiger charge is 2.20. The van der Waals surface area contributed by atoms with E-state index in [1.807, 2.05) is 42.5 Å². The second-order valence-corrected chi connectivity index (χ2v) is 5.86. The molecule has 4 nitrogen and oxygen atoms in total. The van der Waals surface area contributed by atoms with Crippen molar-refractivity contribution >= 4 is 16.9 Å². The van der Waals surface area contributed by atoms with Crippen LogP contribution in [0.25, 0.3) is 11.0 Å². The number of carbonyl (C=O) groups is 1. The number of benzene rings is 2. The molecule has 0 radical (unpaired) electrons. The van der Waals surface area contributed by atoms with Gasteiger partial charge in [0.2, 0.25) is 0 Å². The molecule has 1 atom stereocenters. The lowest BCUT2D eigenvalue weighted by Crippen LogP contribution is -2.28. The number of methoxy groups -OCH3 is 1. The fraction of sp³-hybridized carbons (Fsp3) is 0.250. The van der Waals surface area contributed by atoms with Gasteiger partial charge in [-0.15, -0.1) is 0 Å². The Balaban J connectivity index is 1.77. The lowest BCUT2D eigenvalue weighted by atomic mass is 10.0. The summed E-state index contributed by atoms with van der Waals surface area (Å²) in [6, 6.07) is 17.7. The molecule has 124 valence electrons. The number of ether oxygens (including phenoxy) is 1. The highest BCUT2D eigenvalue weighted by molar-refractivity contribution is 5.99. The zero-order valence-corrected chi connectivity index (χ0v) is 13.9. The van der Waals surface area contributed by atoms with Crippen LogP contribution in [0.1, 0.15) is 34.5 Å². The van der Waals surface area contributed by atoms with Crippen LogP contribution in [0, 0.1) is 0 Å². The average molecular weight is 323 g/mol. The molecule has 0 bridgehead atoms. The van der Waals surface area contributed by atoms with Crippen molar-refractivity contribution < 1.29 is 13.9 Å². The van der Waals surface area contributed by atoms with Gasteiger partial charge < -0.3 is 14.5 Å². The molecule has 3 aromatic rings. The Labute approximate surface area is 141 Å². The molecule has 24 heavy (non-hydrogen) atoms. The molecule has 0 aliphatic carbocycles. The van der Waals surface area contributed by atoms with Crippen LogP contribution in [0.5, 0.6) is 0 Å². The molecular weight excluding hydrogens is 302 g/mol. The van der Waals surface area contributed by atoms with Crippen molar-refractivity contribution in [3.8, 4) is 0 Å². The molecule has 1 aromatic heterocycles. The summed E-state index contributed by atoms with van der Waals surface area (Å²) in [6.45, 7) is 2.98. The molecule has 0 spiro atoms. The molecule has 0 saturated heterocycles. The van der Waals surface area contributed by atoms with Crippen LogP contribution < -0.4 is 5.32 Å². The monoisotopic (exact) mass is 323 g/mol. The number of carbonyl (C=O) groups excluding carboxylic acids is 1. The van der Waals surface area contributed by atoms with Gasteiger partial charge in [-0.25, -0.2) is 0 Å². The maximum atomic E-state index is 12.6. The van der Waals surface area contributed by atoms with Crippen molar-refractivity contribution in [3.05, 3.63) is 71.5 Å². The molecule has 3 rings (SSSR count). The number of hydrogen-bond acceptors (Lipinski definition) is 3. The Morgan fingerprint density at radius 2 is 1.83 bits per heavy atom. The highest BCUT2D eigenvalue weighted by Crippen LogP contribution is 2.26. The zero-order chi connectivity index (χ0) is 16.9. The summed E-state index contributed by atoms with van der Waals surface area (Å²) >= 11 is 0. The quantitative estimate of drug-likeness (QED) is 0.742. The molecule has 1 amide bonds. The van der Waals surface area contributed by atoms with E-state index in [1.165, 1.54) is 5.56 Å². The molecule has 0 aliphatic heterocycles. The number of para-hydroxylation sites is 1. The van der Waals surface area contributed by atoms with Crippen molar-refractivity contribution in [3.63, 3.8) is 0 Å². The molecule has 1 unspecified atom stereocenters. The highest BCUT2D eigenvalue weighted by atomic mass is 16.5. The van der Waals surface area contributed by atoms with Crippen molar-refractivity contribution in [2.24, 2.45) is 0 Å². The summed E-state index contributed by atoms with van der Waals surface area (Å²) < 4.78 is 11.0. The number of amides is 1. The Hall–Kier alpha value is -2.59. The third-order valence-electron chi connectivity index (χ3n) is 4.13. The number of fused-ring (bicyclic) bond motifs is 1. The Morgan fingerprint density at radius 1 is 1.12 bits per heavy atom. The molecule has 1 N–H and O–H groups in total. The van der Waals surface area contributed by atoms with Crippen molar-refractivity contribution in [2.45, 2.75) is 19.4 Å². The van der Waals surface area contributed by atoms with Crippen LogP contribution in [0.3, 0.4) is 0 Å². The van der Waals surface area contributed by atoms with Gasteiger partial charge in [-0.2, -0.15) is 0 Å². The summed E-state index contributed by atoms with van der Waals surface area (Å²) in [5.74, 6) is 0.352. The maximum absolute atomic E-state index is 12.6. The van der Waals surface area contributed by atoms with Gasteiger partial charge in [-0.3, -0.25) is 4.79 Å². The first-order valence-corrected chi connectivity index (χ1v) is 8.03. The third-order valence-corrected chi connectivity index (χ3v) is 4.13. The second-order valence-electron chi connectivity index (χ2n) is 5.86. The van der Waals surface area contributed by atoms with E-state index < -0.39 is 0 Å². The van der Waals surface area contributed by atoms with Crippen LogP contribution in [0.2, 0.25) is 0 Å². The van der Waals surface area contributed by atoms with Gasteiger partial charge in [-0.05, 0) is 17.5 Å². The van der Waals surface area contributed by atoms with E-state index in [4.69, 9.17) is 9.15 Å². The summed E-state index contributed by atoms with van der Waals surface area (Å²) in [6.07, 6.45) is 0. The minimum atomic E-state index is -0.207. The molecule has 1 heterocycles. The topological polar surface area (TPSA) is 51.5 Å². The van der Waals surface area contributed by atoms with Crippen molar-refractivity contribution in [2.75, 3.05) is 13.7 Å². The predicted molar refractivity (Wildman–Crippen MR) is 94.1 cm³/mol. The van der Waals surface area contributed by atoms with Gasteiger partial charge in [0, 0.05) is 24.6 Å². The van der Waals surface area contributed by atoms with E-state index in [0.29, 0.717) is 24.5 Å². The first-order valence-electron chi connectivity index (χ1n) is 8.03. The van der Waals surface area contributed by atoms with Crippen molar-refractivity contribution in [1.82, 2.24) is 5.32 Å². The van der Waals surface area contributed by atoms with Crippen LogP contribution in [0.4, 0.5) is 0 Å². The third kappa shape index (κ3) is 3.34. The smallest absolute Gasteiger partial charge is 0.287 e. The number of rotatable bonds is 6. The van der Waals surface area contributed by atoms with Gasteiger partial charge in [0.1, 0.15) is 5.58 Å². The minimum absolute atomic E-state index is 0.207. The van der Waals surface area contributed by atoms with Crippen LogP contribution in [0.15, 0.2) is 59.0 Å². The van der Waals surface area contributed by atoms with Gasteiger partial charge in [-0.1, -0.05) is 55.5 Å². The lowest BCUT2D eigenvalue weighted by Gasteiger charge is -2.12. The standard InChI is InChI=1S/C20H21NO3/c1-14(15-8-4-3-5-9-15)12-21-20(22)19-17(13-23-2)16-10-6-7-11-18(16)24-19/h3-11,14H,12-13H2,1-2H3,(H,21,22). The number of hydrogen-bond donors (Lipinski definition) is 1. The van der Waals surface area contributed by atoms with Crippen molar-refractivity contribution in [1.29, 1.82) is 0 Å². The minimum Gasteiger partial charge on any atom is -0.451 e. The van der Waals surface area contributed by atoms with Crippen LogP contribution >= 0.6 is 0 Å². The zero-order valence-electron chi connectivity index (χ0n) is 13.9. The van der Waals surface area contributed by atoms with E-state index in [1.54, 1.807) is 7.11 Å². The average Bonchev–Trinajstić information content (AvgIpc) is 2.99. The number of nitrogens with one attached hydrogen (secondary N) is 1. The molecule has 0 aliphatic rings. The summed E-state index contributed by atoms with van der Waals surface area (Å²) in [4.78, 5) is 12.6. The van der Waals surface area contributed by atoms with Gasteiger partial charge in [0.05, 0.1) is 6.61 Å². The maximum Gasteiger partial charge on any atom is 0.287 e. The predicted octanol–water partition coefficient (Wildman–Crippen LogP) is 4.11. The second kappa shape index (κ2) is 7.32. The largest absolute Gasteiger partial charge is 0.451 e. The van der Waals surface area contributed by atoms with E-state index in [2.05, 4.69) is 24.4 Å². The van der Waals surface area contributed by atoms with Crippen LogP contribution in [-0.4, -0.2) is 19.6 Å². The Morgan fingerprint density at radius 3 is 2.58 bits per heavy atom. The molecule has 0 saturated carbocycles. The molecular formula is C20H21NO3. The Bertz CT molecular complexity index is 823. The fourth-order valence-corrected chi connectivity index (χ4v) is 2.80. The number of furan rings is 1. The Kier molecular flexibility index (Phi) is 4.96. The normalized spacial score (nSPS) is 12.2. The summed E-state index contributed by atoms with van der Waals surface area (Å²) in [5, 5.41) is 3.89. The first kappa shape index (κ1) is 16.3. The molecule has 4 heteroatoms. The fourth-order valence-electron chi connectivity index (χ4n) is 2.80. The first-order chi connectivity index (χ1) is 11.7. The van der Waals surface area contributed by atoms with E-state index >= 15 is 0 Å². The SMILES string of the molecule is COCc1c(C(=O)NCC(C)c2ccccc2)oc2ccccc12. The van der Waals surface area contributed by atoms with Gasteiger partial charge in [0.25, 0.3) is 5.91 Å². The summed E-state index contributed by atoms with van der Waals surface area (Å²) in [7, 11) is 1.61. The van der Waals surface area contributed by atoms with Gasteiger partial charge in [0.15, 0.2) is 5.76 Å². The molecule has 2 aromatic carbocycles. The van der Waals surface area contributed by atoms with Crippen LogP contribution in [-0.2, 0) is 11.3 Å².